The number of allylic oxidation sites excluding steroid dienone is 4. The number of alkyl halides is 3. The second-order valence-corrected chi connectivity index (χ2v) is 8.95. The molecular weight excluding hydrogens is 455 g/mol. The van der Waals surface area contributed by atoms with Gasteiger partial charge in [-0.2, -0.15) is 28.4 Å². The van der Waals surface area contributed by atoms with Crippen LogP contribution in [0.25, 0.3) is 28.0 Å². The van der Waals surface area contributed by atoms with Crippen molar-refractivity contribution >= 4 is 26.8 Å². The highest BCUT2D eigenvalue weighted by Gasteiger charge is 2.38. The number of pyridine rings is 1. The molecular formula is C22H14F3N5O2S. The van der Waals surface area contributed by atoms with Gasteiger partial charge in [0.15, 0.2) is 0 Å². The third-order valence-corrected chi connectivity index (χ3v) is 6.66. The second kappa shape index (κ2) is 7.89. The Hall–Kier alpha value is -3.93. The first-order valence-electron chi connectivity index (χ1n) is 9.49. The maximum Gasteiger partial charge on any atom is 0.404 e. The molecule has 3 aromatic rings. The lowest BCUT2D eigenvalue weighted by atomic mass is 10.1. The van der Waals surface area contributed by atoms with Crippen molar-refractivity contribution in [2.24, 2.45) is 0 Å². The van der Waals surface area contributed by atoms with Crippen LogP contribution in [-0.2, 0) is 10.0 Å². The number of nitrogens with zero attached hydrogens (tertiary/aromatic N) is 4. The van der Waals surface area contributed by atoms with E-state index in [2.05, 4.69) is 11.1 Å². The molecule has 0 saturated heterocycles. The monoisotopic (exact) mass is 469 g/mol. The lowest BCUT2D eigenvalue weighted by Crippen LogP contribution is -2.42. The van der Waals surface area contributed by atoms with Crippen LogP contribution in [0.4, 0.5) is 13.2 Å². The lowest BCUT2D eigenvalue weighted by Gasteiger charge is -2.18. The largest absolute Gasteiger partial charge is 0.404 e. The fourth-order valence-corrected chi connectivity index (χ4v) is 4.58. The van der Waals surface area contributed by atoms with Crippen molar-refractivity contribution in [1.82, 2.24) is 14.3 Å². The minimum Gasteiger partial charge on any atom is -0.293 e. The molecule has 1 aliphatic carbocycles. The summed E-state index contributed by atoms with van der Waals surface area (Å²) >= 11 is 0. The van der Waals surface area contributed by atoms with Gasteiger partial charge >= 0.3 is 6.18 Å². The first kappa shape index (κ1) is 22.3. The topological polar surface area (TPSA) is 112 Å². The van der Waals surface area contributed by atoms with Crippen LogP contribution in [0.3, 0.4) is 0 Å². The molecule has 0 bridgehead atoms. The highest BCUT2D eigenvalue weighted by molar-refractivity contribution is 7.89. The van der Waals surface area contributed by atoms with Gasteiger partial charge in [0.2, 0.25) is 10.0 Å². The smallest absolute Gasteiger partial charge is 0.293 e. The Balaban J connectivity index is 1.83. The summed E-state index contributed by atoms with van der Waals surface area (Å²) in [6, 6.07) is 8.55. The number of nitrogens with one attached hydrogen (secondary N) is 1. The summed E-state index contributed by atoms with van der Waals surface area (Å²) in [4.78, 5) is 3.97. The molecule has 1 atom stereocenters. The van der Waals surface area contributed by atoms with Crippen LogP contribution in [0.2, 0.25) is 0 Å². The zero-order chi connectivity index (χ0) is 24.0. The fraction of sp³-hybridized carbons (Fsp3) is 0.136. The molecule has 0 fully saturated rings. The van der Waals surface area contributed by atoms with Crippen LogP contribution in [0.5, 0.6) is 0 Å². The fourth-order valence-electron chi connectivity index (χ4n) is 3.36. The zero-order valence-corrected chi connectivity index (χ0v) is 17.7. The number of hydrogen-bond acceptors (Lipinski definition) is 5. The van der Waals surface area contributed by atoms with E-state index in [9.17, 15) is 32.1 Å². The van der Waals surface area contributed by atoms with Crippen LogP contribution in [-0.4, -0.2) is 30.2 Å². The summed E-state index contributed by atoms with van der Waals surface area (Å²) in [6.07, 6.45) is 2.05. The van der Waals surface area contributed by atoms with Crippen molar-refractivity contribution in [2.45, 2.75) is 24.0 Å². The predicted octanol–water partition coefficient (Wildman–Crippen LogP) is 4.09. The average molecular weight is 469 g/mol. The van der Waals surface area contributed by atoms with Gasteiger partial charge in [-0.3, -0.25) is 4.57 Å². The molecule has 0 amide bonds. The summed E-state index contributed by atoms with van der Waals surface area (Å²) in [5.74, 6) is 0. The van der Waals surface area contributed by atoms with Gasteiger partial charge in [-0.15, -0.1) is 0 Å². The molecule has 11 heteroatoms. The van der Waals surface area contributed by atoms with E-state index in [1.165, 1.54) is 30.5 Å². The SMILES string of the molecule is CC(NS(=O)(=O)c1ccc(-c2c(C#N)c3cc(C#N)cnc3n2C2=CC=C2)cc1)C(F)(F)F. The van der Waals surface area contributed by atoms with Crippen molar-refractivity contribution < 1.29 is 21.6 Å². The average Bonchev–Trinajstić information content (AvgIpc) is 3.04. The molecule has 1 aliphatic rings. The summed E-state index contributed by atoms with van der Waals surface area (Å²) < 4.78 is 66.4. The Kier molecular flexibility index (Phi) is 5.32. The van der Waals surface area contributed by atoms with E-state index in [4.69, 9.17) is 0 Å². The van der Waals surface area contributed by atoms with Crippen molar-refractivity contribution in [3.63, 3.8) is 0 Å². The Morgan fingerprint density at radius 1 is 1.15 bits per heavy atom. The van der Waals surface area contributed by atoms with Crippen LogP contribution in [0.15, 0.2) is 59.7 Å². The molecule has 0 aliphatic heterocycles. The molecule has 1 aromatic carbocycles. The van der Waals surface area contributed by atoms with Crippen molar-refractivity contribution in [2.75, 3.05) is 0 Å². The Morgan fingerprint density at radius 3 is 2.33 bits per heavy atom. The van der Waals surface area contributed by atoms with Gasteiger partial charge in [0, 0.05) is 22.8 Å². The zero-order valence-electron chi connectivity index (χ0n) is 16.9. The summed E-state index contributed by atoms with van der Waals surface area (Å²) in [5.41, 5.74) is 2.54. The number of benzene rings is 1. The third-order valence-electron chi connectivity index (χ3n) is 5.10. The molecule has 33 heavy (non-hydrogen) atoms. The maximum atomic E-state index is 12.8. The number of aromatic nitrogens is 2. The van der Waals surface area contributed by atoms with Gasteiger partial charge in [0.05, 0.1) is 21.7 Å². The van der Waals surface area contributed by atoms with Gasteiger partial charge < -0.3 is 0 Å². The van der Waals surface area contributed by atoms with Crippen molar-refractivity contribution in [1.29, 1.82) is 10.5 Å². The number of rotatable bonds is 5. The highest BCUT2D eigenvalue weighted by Crippen LogP contribution is 2.37. The molecule has 166 valence electrons. The third kappa shape index (κ3) is 3.89. The van der Waals surface area contributed by atoms with E-state index in [0.717, 1.165) is 5.70 Å². The Bertz CT molecular complexity index is 1520. The van der Waals surface area contributed by atoms with E-state index in [1.54, 1.807) is 33.6 Å². The van der Waals surface area contributed by atoms with E-state index >= 15 is 0 Å². The number of sulfonamides is 1. The van der Waals surface area contributed by atoms with E-state index < -0.39 is 22.2 Å². The highest BCUT2D eigenvalue weighted by atomic mass is 32.2. The molecule has 2 aromatic heterocycles. The maximum absolute atomic E-state index is 12.8. The normalized spacial score (nSPS) is 14.3. The van der Waals surface area contributed by atoms with Gasteiger partial charge in [-0.25, -0.2) is 13.4 Å². The summed E-state index contributed by atoms with van der Waals surface area (Å²) in [6.45, 7) is 0.714. The Labute approximate surface area is 186 Å². The molecule has 4 rings (SSSR count). The Morgan fingerprint density at radius 2 is 1.82 bits per heavy atom. The van der Waals surface area contributed by atoms with Crippen molar-refractivity contribution in [3.8, 4) is 23.4 Å². The molecule has 7 nitrogen and oxygen atoms in total. The number of fused-ring (bicyclic) bond motifs is 1. The van der Waals surface area contributed by atoms with Gasteiger partial charge in [-0.05, 0) is 37.3 Å². The van der Waals surface area contributed by atoms with Crippen molar-refractivity contribution in [3.05, 3.63) is 65.9 Å². The van der Waals surface area contributed by atoms with E-state index in [1.807, 2.05) is 6.07 Å². The van der Waals surface area contributed by atoms with Crippen LogP contribution >= 0.6 is 0 Å². The van der Waals surface area contributed by atoms with Gasteiger partial charge in [0.25, 0.3) is 0 Å². The second-order valence-electron chi connectivity index (χ2n) is 7.24. The standard InChI is InChI=1S/C22H14F3N5O2S/c1-13(22(23,24)25)29-33(31,32)17-7-5-15(6-8-17)20-19(11-27)18-9-14(10-26)12-28-21(18)30(20)16-3-2-4-16/h2-9,12-13,29H,1H3. The predicted molar refractivity (Wildman–Crippen MR) is 114 cm³/mol. The lowest BCUT2D eigenvalue weighted by molar-refractivity contribution is -0.147. The molecule has 0 saturated carbocycles. The van der Waals surface area contributed by atoms with Crippen LogP contribution < -0.4 is 4.72 Å². The molecule has 0 spiro atoms. The molecule has 1 N–H and O–H groups in total. The first-order chi connectivity index (χ1) is 15.6. The van der Waals surface area contributed by atoms with E-state index in [0.29, 0.717) is 29.2 Å². The van der Waals surface area contributed by atoms with Crippen LogP contribution in [0.1, 0.15) is 18.1 Å². The summed E-state index contributed by atoms with van der Waals surface area (Å²) in [7, 11) is -4.42. The molecule has 0 radical (unpaired) electrons. The number of halogens is 3. The van der Waals surface area contributed by atoms with Crippen LogP contribution in [0, 0.1) is 22.7 Å². The first-order valence-corrected chi connectivity index (χ1v) is 11.0. The molecule has 1 unspecified atom stereocenters. The minimum absolute atomic E-state index is 0.232. The quantitative estimate of drug-likeness (QED) is 0.605. The molecule has 2 heterocycles. The van der Waals surface area contributed by atoms with Gasteiger partial charge in [-0.1, -0.05) is 18.2 Å². The number of hydrogen-bond donors (Lipinski definition) is 1. The minimum atomic E-state index is -4.73. The summed E-state index contributed by atoms with van der Waals surface area (Å²) in [5, 5.41) is 19.5. The number of nitriles is 2. The van der Waals surface area contributed by atoms with Gasteiger partial charge in [0.1, 0.15) is 23.8 Å². The van der Waals surface area contributed by atoms with E-state index in [-0.39, 0.29) is 16.0 Å².